The van der Waals surface area contributed by atoms with Crippen molar-refractivity contribution in [2.75, 3.05) is 5.32 Å². The van der Waals surface area contributed by atoms with Gasteiger partial charge in [-0.2, -0.15) is 0 Å². The van der Waals surface area contributed by atoms with Crippen molar-refractivity contribution in [2.45, 2.75) is 32.3 Å². The zero-order valence-electron chi connectivity index (χ0n) is 19.5. The van der Waals surface area contributed by atoms with Crippen molar-refractivity contribution in [2.24, 2.45) is 4.99 Å². The van der Waals surface area contributed by atoms with Crippen LogP contribution >= 0.6 is 38.9 Å². The van der Waals surface area contributed by atoms with Gasteiger partial charge >= 0.3 is 0 Å². The Balaban J connectivity index is 1.36. The summed E-state index contributed by atoms with van der Waals surface area (Å²) in [5, 5.41) is 4.48. The minimum absolute atomic E-state index is 0.0998. The number of rotatable bonds is 7. The number of benzene rings is 3. The summed E-state index contributed by atoms with van der Waals surface area (Å²) in [6, 6.07) is 23.0. The number of nitrogens with zero attached hydrogens (tertiary/aromatic N) is 1. The van der Waals surface area contributed by atoms with E-state index >= 15 is 0 Å². The molecular formula is C29H24BrClN2O2S. The largest absolute Gasteiger partial charge is 0.488 e. The van der Waals surface area contributed by atoms with Crippen LogP contribution in [0.1, 0.15) is 44.8 Å². The molecule has 0 aliphatic heterocycles. The minimum atomic E-state index is -0.0998. The van der Waals surface area contributed by atoms with Crippen molar-refractivity contribution in [3.63, 3.8) is 0 Å². The highest BCUT2D eigenvalue weighted by molar-refractivity contribution is 9.10. The summed E-state index contributed by atoms with van der Waals surface area (Å²) in [4.78, 5) is 19.3. The molecule has 0 atom stereocenters. The van der Waals surface area contributed by atoms with Crippen LogP contribution in [0.3, 0.4) is 0 Å². The van der Waals surface area contributed by atoms with Crippen LogP contribution in [0.15, 0.2) is 82.3 Å². The quantitative estimate of drug-likeness (QED) is 0.223. The molecular weight excluding hydrogens is 556 g/mol. The number of hydrogen-bond acceptors (Lipinski definition) is 4. The lowest BCUT2D eigenvalue weighted by Crippen LogP contribution is -2.14. The van der Waals surface area contributed by atoms with E-state index in [1.807, 2.05) is 72.8 Å². The normalized spacial score (nSPS) is 12.9. The smallest absolute Gasteiger partial charge is 0.259 e. The Hall–Kier alpha value is -2.93. The van der Waals surface area contributed by atoms with Crippen LogP contribution in [0, 0.1) is 0 Å². The molecule has 182 valence electrons. The SMILES string of the molecule is O=C(Nc1ccccc1)c1c(N=Cc2ccc(OCc3ccccc3Cl)c(Br)c2)sc2c1CCCC2. The number of amides is 1. The van der Waals surface area contributed by atoms with Gasteiger partial charge in [0.2, 0.25) is 0 Å². The maximum Gasteiger partial charge on any atom is 0.259 e. The highest BCUT2D eigenvalue weighted by atomic mass is 79.9. The Labute approximate surface area is 228 Å². The van der Waals surface area contributed by atoms with E-state index < -0.39 is 0 Å². The van der Waals surface area contributed by atoms with Crippen LogP contribution in [0.5, 0.6) is 5.75 Å². The second-order valence-corrected chi connectivity index (χ2v) is 10.9. The third-order valence-corrected chi connectivity index (χ3v) is 8.23. The molecule has 0 saturated carbocycles. The fourth-order valence-corrected chi connectivity index (χ4v) is 6.14. The number of ether oxygens (including phenoxy) is 1. The molecule has 0 radical (unpaired) electrons. The van der Waals surface area contributed by atoms with E-state index in [9.17, 15) is 4.79 Å². The summed E-state index contributed by atoms with van der Waals surface area (Å²) in [5.74, 6) is 0.624. The predicted molar refractivity (Wildman–Crippen MR) is 153 cm³/mol. The van der Waals surface area contributed by atoms with Crippen molar-refractivity contribution in [3.8, 4) is 5.75 Å². The second kappa shape index (κ2) is 11.4. The Morgan fingerprint density at radius 1 is 1.06 bits per heavy atom. The molecule has 0 fully saturated rings. The van der Waals surface area contributed by atoms with Crippen molar-refractivity contribution < 1.29 is 9.53 Å². The maximum atomic E-state index is 13.3. The van der Waals surface area contributed by atoms with Gasteiger partial charge in [-0.25, -0.2) is 4.99 Å². The van der Waals surface area contributed by atoms with Crippen molar-refractivity contribution in [3.05, 3.63) is 109 Å². The molecule has 4 nitrogen and oxygen atoms in total. The fourth-order valence-electron chi connectivity index (χ4n) is 4.21. The Bertz CT molecular complexity index is 1420. The Morgan fingerprint density at radius 3 is 2.64 bits per heavy atom. The number of halogens is 2. The van der Waals surface area contributed by atoms with Gasteiger partial charge in [0.15, 0.2) is 0 Å². The molecule has 4 aromatic rings. The van der Waals surface area contributed by atoms with E-state index in [0.29, 0.717) is 17.2 Å². The molecule has 1 aromatic heterocycles. The third kappa shape index (κ3) is 5.72. The average molecular weight is 580 g/mol. The number of para-hydroxylation sites is 1. The second-order valence-electron chi connectivity index (χ2n) is 8.54. The first-order valence-electron chi connectivity index (χ1n) is 11.8. The number of hydrogen-bond donors (Lipinski definition) is 1. The van der Waals surface area contributed by atoms with Gasteiger partial charge in [0, 0.05) is 27.4 Å². The lowest BCUT2D eigenvalue weighted by molar-refractivity contribution is 0.102. The molecule has 1 aliphatic carbocycles. The molecule has 0 unspecified atom stereocenters. The lowest BCUT2D eigenvalue weighted by atomic mass is 9.95. The van der Waals surface area contributed by atoms with Gasteiger partial charge in [0.05, 0.1) is 10.0 Å². The number of carbonyl (C=O) groups excluding carboxylic acids is 1. The number of fused-ring (bicyclic) bond motifs is 1. The number of anilines is 1. The highest BCUT2D eigenvalue weighted by Crippen LogP contribution is 2.40. The standard InChI is InChI=1S/C29H24BrClN2O2S/c30-23-16-19(14-15-25(23)35-18-20-8-4-6-12-24(20)31)17-32-29-27(22-11-5-7-13-26(22)36-29)28(34)33-21-9-2-1-3-10-21/h1-4,6,8-10,12,14-17H,5,7,11,13,18H2,(H,33,34). The van der Waals surface area contributed by atoms with Crippen LogP contribution in [0.2, 0.25) is 5.02 Å². The fraction of sp³-hybridized carbons (Fsp3) is 0.172. The van der Waals surface area contributed by atoms with Gasteiger partial charge in [-0.1, -0.05) is 48.0 Å². The van der Waals surface area contributed by atoms with E-state index in [2.05, 4.69) is 21.2 Å². The van der Waals surface area contributed by atoms with E-state index in [-0.39, 0.29) is 5.91 Å². The predicted octanol–water partition coefficient (Wildman–Crippen LogP) is 8.62. The van der Waals surface area contributed by atoms with Crippen molar-refractivity contribution in [1.29, 1.82) is 0 Å². The summed E-state index contributed by atoms with van der Waals surface area (Å²) in [6.07, 6.45) is 5.98. The molecule has 0 spiro atoms. The van der Waals surface area contributed by atoms with Crippen LogP contribution in [0.4, 0.5) is 10.7 Å². The number of thiophene rings is 1. The number of aryl methyl sites for hydroxylation is 1. The highest BCUT2D eigenvalue weighted by Gasteiger charge is 2.25. The first-order valence-corrected chi connectivity index (χ1v) is 13.8. The van der Waals surface area contributed by atoms with Crippen LogP contribution in [0.25, 0.3) is 0 Å². The molecule has 0 saturated heterocycles. The zero-order chi connectivity index (χ0) is 24.9. The molecule has 1 N–H and O–H groups in total. The molecule has 1 aliphatic rings. The molecule has 7 heteroatoms. The van der Waals surface area contributed by atoms with Gasteiger partial charge in [-0.15, -0.1) is 11.3 Å². The number of nitrogens with one attached hydrogen (secondary N) is 1. The monoisotopic (exact) mass is 578 g/mol. The maximum absolute atomic E-state index is 13.3. The van der Waals surface area contributed by atoms with Gasteiger partial charge in [-0.05, 0) is 89.1 Å². The molecule has 1 amide bonds. The molecule has 3 aromatic carbocycles. The van der Waals surface area contributed by atoms with Crippen LogP contribution in [-0.2, 0) is 19.4 Å². The first-order chi connectivity index (χ1) is 17.6. The number of aliphatic imine (C=N–C) groups is 1. The minimum Gasteiger partial charge on any atom is -0.488 e. The Morgan fingerprint density at radius 2 is 1.83 bits per heavy atom. The average Bonchev–Trinajstić information content (AvgIpc) is 3.27. The summed E-state index contributed by atoms with van der Waals surface area (Å²) < 4.78 is 6.78. The molecule has 5 rings (SSSR count). The van der Waals surface area contributed by atoms with Crippen LogP contribution in [-0.4, -0.2) is 12.1 Å². The molecule has 36 heavy (non-hydrogen) atoms. The Kier molecular flexibility index (Phi) is 7.85. The van der Waals surface area contributed by atoms with Crippen LogP contribution < -0.4 is 10.1 Å². The van der Waals surface area contributed by atoms with Crippen molar-refractivity contribution in [1.82, 2.24) is 0 Å². The molecule has 0 bridgehead atoms. The van der Waals surface area contributed by atoms with Crippen molar-refractivity contribution >= 4 is 61.7 Å². The van der Waals surface area contributed by atoms with Gasteiger partial charge in [-0.3, -0.25) is 4.79 Å². The summed E-state index contributed by atoms with van der Waals surface area (Å²) in [5.41, 5.74) is 4.47. The van der Waals surface area contributed by atoms with Gasteiger partial charge in [0.1, 0.15) is 17.4 Å². The summed E-state index contributed by atoms with van der Waals surface area (Å²) in [7, 11) is 0. The van der Waals surface area contributed by atoms with Gasteiger partial charge in [0.25, 0.3) is 5.91 Å². The lowest BCUT2D eigenvalue weighted by Gasteiger charge is -2.12. The summed E-state index contributed by atoms with van der Waals surface area (Å²) >= 11 is 11.5. The van der Waals surface area contributed by atoms with E-state index in [1.54, 1.807) is 17.6 Å². The van der Waals surface area contributed by atoms with E-state index in [0.717, 1.165) is 63.3 Å². The first kappa shape index (κ1) is 24.8. The summed E-state index contributed by atoms with van der Waals surface area (Å²) in [6.45, 7) is 0.381. The number of carbonyl (C=O) groups is 1. The molecule has 1 heterocycles. The van der Waals surface area contributed by atoms with E-state index in [1.165, 1.54) is 4.88 Å². The van der Waals surface area contributed by atoms with E-state index in [4.69, 9.17) is 21.3 Å². The topological polar surface area (TPSA) is 50.7 Å². The third-order valence-electron chi connectivity index (χ3n) is 6.04. The zero-order valence-corrected chi connectivity index (χ0v) is 22.6. The van der Waals surface area contributed by atoms with Gasteiger partial charge < -0.3 is 10.1 Å².